The Balaban J connectivity index is 1.79. The Hall–Kier alpha value is -3.72. The zero-order valence-corrected chi connectivity index (χ0v) is 20.3. The van der Waals surface area contributed by atoms with Gasteiger partial charge in [-0.05, 0) is 36.2 Å². The third-order valence-electron chi connectivity index (χ3n) is 5.98. The Bertz CT molecular complexity index is 1370. The lowest BCUT2D eigenvalue weighted by atomic mass is 10.1. The molecular formula is C25H27ClN4O5. The molecule has 184 valence electrons. The normalized spacial score (nSPS) is 14.3. The first-order chi connectivity index (χ1) is 16.8. The molecule has 35 heavy (non-hydrogen) atoms. The lowest BCUT2D eigenvalue weighted by molar-refractivity contribution is -0.124. The number of hydrogen-bond donors (Lipinski definition) is 2. The molecule has 4 rings (SSSR count). The van der Waals surface area contributed by atoms with Gasteiger partial charge in [0.2, 0.25) is 0 Å². The molecule has 0 aliphatic carbocycles. The molecule has 0 bridgehead atoms. The number of nitrogens with zero attached hydrogens (tertiary/aromatic N) is 2. The van der Waals surface area contributed by atoms with Crippen molar-refractivity contribution in [3.05, 3.63) is 79.5 Å². The minimum atomic E-state index is -0.895. The molecule has 2 aromatic carbocycles. The van der Waals surface area contributed by atoms with Gasteiger partial charge in [0, 0.05) is 23.6 Å². The van der Waals surface area contributed by atoms with E-state index in [0.717, 1.165) is 12.0 Å². The molecule has 3 N–H and O–H groups in total. The van der Waals surface area contributed by atoms with Crippen molar-refractivity contribution in [2.45, 2.75) is 45.4 Å². The highest BCUT2D eigenvalue weighted by atomic mass is 35.5. The number of carbonyl (C=O) groups is 1. The quantitative estimate of drug-likeness (QED) is 0.492. The first kappa shape index (κ1) is 24.4. The molecule has 1 aromatic heterocycles. The number of rotatable bonds is 8. The Morgan fingerprint density at radius 1 is 1.29 bits per heavy atom. The molecule has 0 saturated heterocycles. The van der Waals surface area contributed by atoms with Crippen LogP contribution in [0.2, 0.25) is 5.02 Å². The predicted molar refractivity (Wildman–Crippen MR) is 134 cm³/mol. The van der Waals surface area contributed by atoms with Gasteiger partial charge in [0.05, 0.1) is 13.7 Å². The number of fused-ring (bicyclic) bond motifs is 1. The number of hydrogen-bond acceptors (Lipinski definition) is 6. The summed E-state index contributed by atoms with van der Waals surface area (Å²) in [4.78, 5) is 42.9. The van der Waals surface area contributed by atoms with Crippen LogP contribution >= 0.6 is 11.6 Å². The summed E-state index contributed by atoms with van der Waals surface area (Å²) in [6, 6.07) is 12.3. The third kappa shape index (κ3) is 4.90. The Labute approximate surface area is 207 Å². The Kier molecular flexibility index (Phi) is 7.16. The topological polar surface area (TPSA) is 120 Å². The lowest BCUT2D eigenvalue weighted by Gasteiger charge is -2.27. The van der Waals surface area contributed by atoms with Crippen LogP contribution in [0, 0.1) is 0 Å². The highest BCUT2D eigenvalue weighted by molar-refractivity contribution is 6.30. The van der Waals surface area contributed by atoms with E-state index >= 15 is 0 Å². The fourth-order valence-corrected chi connectivity index (χ4v) is 4.37. The lowest BCUT2D eigenvalue weighted by Crippen LogP contribution is -2.46. The molecular weight excluding hydrogens is 472 g/mol. The van der Waals surface area contributed by atoms with Crippen molar-refractivity contribution < 1.29 is 14.3 Å². The first-order valence-corrected chi connectivity index (χ1v) is 11.7. The van der Waals surface area contributed by atoms with Crippen LogP contribution < -0.4 is 31.4 Å². The van der Waals surface area contributed by atoms with Gasteiger partial charge in [0.15, 0.2) is 11.8 Å². The van der Waals surface area contributed by atoms with E-state index in [2.05, 4.69) is 4.98 Å². The number of methoxy groups -OCH3 is 1. The molecule has 0 spiro atoms. The summed E-state index contributed by atoms with van der Waals surface area (Å²) >= 11 is 6.11. The number of aromatic nitrogens is 2. The van der Waals surface area contributed by atoms with Crippen molar-refractivity contribution in [1.82, 2.24) is 9.55 Å². The number of halogens is 1. The maximum atomic E-state index is 13.8. The van der Waals surface area contributed by atoms with Gasteiger partial charge in [0.1, 0.15) is 17.3 Å². The van der Waals surface area contributed by atoms with E-state index in [1.165, 1.54) is 16.6 Å². The van der Waals surface area contributed by atoms with Gasteiger partial charge in [-0.2, -0.15) is 0 Å². The van der Waals surface area contributed by atoms with Crippen molar-refractivity contribution in [2.24, 2.45) is 0 Å². The van der Waals surface area contributed by atoms with Crippen LogP contribution in [-0.4, -0.2) is 28.7 Å². The molecule has 10 heteroatoms. The zero-order valence-electron chi connectivity index (χ0n) is 19.5. The summed E-state index contributed by atoms with van der Waals surface area (Å²) in [7, 11) is 1.53. The van der Waals surface area contributed by atoms with Gasteiger partial charge in [-0.3, -0.25) is 24.0 Å². The van der Waals surface area contributed by atoms with Crippen LogP contribution in [-0.2, 0) is 24.3 Å². The average Bonchev–Trinajstić information content (AvgIpc) is 3.26. The number of unbranched alkanes of at least 4 members (excludes halogenated alkanes) is 1. The number of amides is 1. The number of ether oxygens (including phenoxy) is 2. The van der Waals surface area contributed by atoms with Crippen molar-refractivity contribution in [1.29, 1.82) is 0 Å². The van der Waals surface area contributed by atoms with E-state index in [-0.39, 0.29) is 24.5 Å². The highest BCUT2D eigenvalue weighted by Crippen LogP contribution is 2.33. The van der Waals surface area contributed by atoms with Gasteiger partial charge in [-0.1, -0.05) is 43.1 Å². The number of nitrogens with two attached hydrogens (primary N) is 1. The minimum absolute atomic E-state index is 0.0148. The number of carbonyl (C=O) groups excluding carboxylic acids is 1. The van der Waals surface area contributed by atoms with Crippen LogP contribution in [0.3, 0.4) is 0 Å². The molecule has 0 saturated carbocycles. The molecule has 1 amide bonds. The summed E-state index contributed by atoms with van der Waals surface area (Å²) in [5.41, 5.74) is 6.34. The molecule has 0 fully saturated rings. The maximum Gasteiger partial charge on any atom is 0.330 e. The predicted octanol–water partition coefficient (Wildman–Crippen LogP) is 3.12. The van der Waals surface area contributed by atoms with Gasteiger partial charge in [-0.15, -0.1) is 0 Å². The zero-order chi connectivity index (χ0) is 25.1. The SMILES string of the molecule is CCCCn1c(N)c(N(Cc2ccccc2OC)C(=O)C2Cc3cc(Cl)ccc3O2)c(=O)[nH]c1=O. The number of aromatic amines is 1. The second kappa shape index (κ2) is 10.3. The molecule has 9 nitrogen and oxygen atoms in total. The molecule has 1 atom stereocenters. The average molecular weight is 499 g/mol. The van der Waals surface area contributed by atoms with Gasteiger partial charge in [-0.25, -0.2) is 4.79 Å². The van der Waals surface area contributed by atoms with E-state index in [9.17, 15) is 14.4 Å². The molecule has 1 aliphatic rings. The second-order valence-corrected chi connectivity index (χ2v) is 8.73. The van der Waals surface area contributed by atoms with Crippen molar-refractivity contribution in [3.8, 4) is 11.5 Å². The largest absolute Gasteiger partial charge is 0.496 e. The van der Waals surface area contributed by atoms with Crippen LogP contribution in [0.5, 0.6) is 11.5 Å². The van der Waals surface area contributed by atoms with Gasteiger partial charge >= 0.3 is 5.69 Å². The fourth-order valence-electron chi connectivity index (χ4n) is 4.18. The van der Waals surface area contributed by atoms with Crippen LogP contribution in [0.4, 0.5) is 11.5 Å². The van der Waals surface area contributed by atoms with Gasteiger partial charge < -0.3 is 15.2 Å². The monoisotopic (exact) mass is 498 g/mol. The number of para-hydroxylation sites is 1. The second-order valence-electron chi connectivity index (χ2n) is 8.30. The number of nitrogen functional groups attached to an aromatic ring is 1. The molecule has 0 radical (unpaired) electrons. The van der Waals surface area contributed by atoms with E-state index in [1.807, 2.05) is 6.92 Å². The molecule has 3 aromatic rings. The fraction of sp³-hybridized carbons (Fsp3) is 0.320. The van der Waals surface area contributed by atoms with Crippen molar-refractivity contribution >= 4 is 29.0 Å². The van der Waals surface area contributed by atoms with Crippen LogP contribution in [0.1, 0.15) is 30.9 Å². The van der Waals surface area contributed by atoms with Crippen LogP contribution in [0.15, 0.2) is 52.1 Å². The van der Waals surface area contributed by atoms with E-state index < -0.39 is 23.3 Å². The Morgan fingerprint density at radius 3 is 2.80 bits per heavy atom. The minimum Gasteiger partial charge on any atom is -0.496 e. The maximum absolute atomic E-state index is 13.8. The molecule has 2 heterocycles. The summed E-state index contributed by atoms with van der Waals surface area (Å²) in [6.45, 7) is 2.28. The Morgan fingerprint density at radius 2 is 2.06 bits per heavy atom. The summed E-state index contributed by atoms with van der Waals surface area (Å²) < 4.78 is 12.7. The smallest absolute Gasteiger partial charge is 0.330 e. The van der Waals surface area contributed by atoms with Crippen molar-refractivity contribution in [2.75, 3.05) is 17.7 Å². The number of benzene rings is 2. The van der Waals surface area contributed by atoms with E-state index in [1.54, 1.807) is 42.5 Å². The van der Waals surface area contributed by atoms with Gasteiger partial charge in [0.25, 0.3) is 11.5 Å². The number of H-pyrrole nitrogens is 1. The standard InChI is InChI=1S/C25H27ClN4O5/c1-3-4-11-29-22(27)21(23(31)28-25(29)33)30(14-15-7-5-6-8-18(15)34-2)24(32)20-13-16-12-17(26)9-10-19(16)35-20/h5-10,12,20H,3-4,11,13-14,27H2,1-2H3,(H,28,31,33). The van der Waals surface area contributed by atoms with E-state index in [4.69, 9.17) is 26.8 Å². The van der Waals surface area contributed by atoms with Crippen LogP contribution in [0.25, 0.3) is 0 Å². The van der Waals surface area contributed by atoms with E-state index in [0.29, 0.717) is 35.1 Å². The summed E-state index contributed by atoms with van der Waals surface area (Å²) in [5.74, 6) is 0.553. The van der Waals surface area contributed by atoms with Crippen molar-refractivity contribution in [3.63, 3.8) is 0 Å². The third-order valence-corrected chi connectivity index (χ3v) is 6.21. The highest BCUT2D eigenvalue weighted by Gasteiger charge is 2.36. The first-order valence-electron chi connectivity index (χ1n) is 11.3. The molecule has 1 aliphatic heterocycles. The molecule has 1 unspecified atom stereocenters. The summed E-state index contributed by atoms with van der Waals surface area (Å²) in [6.07, 6.45) is 0.886. The summed E-state index contributed by atoms with van der Waals surface area (Å²) in [5, 5.41) is 0.537. The number of anilines is 2. The number of nitrogens with one attached hydrogen (secondary N) is 1.